The topological polar surface area (TPSA) is 27.1 Å². The van der Waals surface area contributed by atoms with Crippen molar-refractivity contribution in [3.8, 4) is 0 Å². The largest absolute Gasteiger partial charge is 0.377 e. The molecule has 4 heteroatoms. The van der Waals surface area contributed by atoms with E-state index in [9.17, 15) is 0 Å². The van der Waals surface area contributed by atoms with E-state index in [1.807, 2.05) is 6.20 Å². The lowest BCUT2D eigenvalue weighted by Crippen LogP contribution is -2.31. The molecule has 1 fully saturated rings. The van der Waals surface area contributed by atoms with Crippen LogP contribution in [0.5, 0.6) is 0 Å². The molecule has 0 amide bonds. The Hall–Kier alpha value is -0.880. The van der Waals surface area contributed by atoms with Crippen molar-refractivity contribution in [3.05, 3.63) is 51.4 Å². The van der Waals surface area contributed by atoms with Crippen molar-refractivity contribution in [3.63, 3.8) is 0 Å². The van der Waals surface area contributed by atoms with Gasteiger partial charge in [-0.05, 0) is 66.2 Å². The number of halogens is 1. The van der Waals surface area contributed by atoms with E-state index in [2.05, 4.69) is 69.6 Å². The Kier molecular flexibility index (Phi) is 6.93. The van der Waals surface area contributed by atoms with Crippen molar-refractivity contribution in [1.82, 2.24) is 9.78 Å². The van der Waals surface area contributed by atoms with Gasteiger partial charge in [0.15, 0.2) is 0 Å². The van der Waals surface area contributed by atoms with Crippen LogP contribution in [0.15, 0.2) is 36.5 Å². The number of nitrogens with zero attached hydrogens (tertiary/aromatic N) is 2. The third-order valence-electron chi connectivity index (χ3n) is 5.55. The molecule has 136 valence electrons. The zero-order valence-electron chi connectivity index (χ0n) is 15.2. The average molecular weight is 452 g/mol. The minimum Gasteiger partial charge on any atom is -0.377 e. The van der Waals surface area contributed by atoms with Crippen LogP contribution in [0.3, 0.4) is 0 Å². The lowest BCUT2D eigenvalue weighted by molar-refractivity contribution is 0.0830. The van der Waals surface area contributed by atoms with Crippen molar-refractivity contribution >= 4 is 22.6 Å². The minimum absolute atomic E-state index is 0.411. The van der Waals surface area contributed by atoms with Crippen LogP contribution in [0.25, 0.3) is 0 Å². The molecule has 1 aliphatic carbocycles. The molecule has 0 spiro atoms. The Morgan fingerprint density at radius 2 is 1.92 bits per heavy atom. The van der Waals surface area contributed by atoms with Gasteiger partial charge in [-0.2, -0.15) is 5.10 Å². The first-order chi connectivity index (χ1) is 12.2. The number of benzene rings is 1. The second-order valence-corrected chi connectivity index (χ2v) is 8.60. The molecule has 3 rings (SSSR count). The van der Waals surface area contributed by atoms with Gasteiger partial charge in [0.1, 0.15) is 0 Å². The van der Waals surface area contributed by atoms with Crippen LogP contribution in [0.4, 0.5) is 0 Å². The van der Waals surface area contributed by atoms with Gasteiger partial charge in [-0.25, -0.2) is 0 Å². The summed E-state index contributed by atoms with van der Waals surface area (Å²) >= 11 is 2.39. The molecule has 0 saturated heterocycles. The fraction of sp³-hybridized carbons (Fsp3) is 0.571. The number of ether oxygens (including phenoxy) is 1. The van der Waals surface area contributed by atoms with E-state index in [-0.39, 0.29) is 0 Å². The third-order valence-corrected chi connectivity index (χ3v) is 6.61. The highest BCUT2D eigenvalue weighted by Gasteiger charge is 2.32. The van der Waals surface area contributed by atoms with Crippen molar-refractivity contribution in [1.29, 1.82) is 0 Å². The molecule has 0 bridgehead atoms. The Balaban J connectivity index is 1.51. The van der Waals surface area contributed by atoms with Gasteiger partial charge in [0, 0.05) is 18.8 Å². The van der Waals surface area contributed by atoms with Crippen LogP contribution in [0.2, 0.25) is 0 Å². The predicted octanol–water partition coefficient (Wildman–Crippen LogP) is 5.74. The van der Waals surface area contributed by atoms with E-state index in [0.717, 1.165) is 26.2 Å². The van der Waals surface area contributed by atoms with Gasteiger partial charge in [-0.1, -0.05) is 49.6 Å². The van der Waals surface area contributed by atoms with Gasteiger partial charge in [0.25, 0.3) is 0 Å². The summed E-state index contributed by atoms with van der Waals surface area (Å²) < 4.78 is 9.42. The molecule has 0 unspecified atom stereocenters. The SMILES string of the molecule is Cc1c(I)cnn1CC1(CCCOCc2ccccc2)CCCCC1. The summed E-state index contributed by atoms with van der Waals surface area (Å²) in [4.78, 5) is 0. The molecule has 1 aromatic heterocycles. The van der Waals surface area contributed by atoms with E-state index in [0.29, 0.717) is 5.41 Å². The van der Waals surface area contributed by atoms with E-state index >= 15 is 0 Å². The maximum absolute atomic E-state index is 5.91. The zero-order valence-corrected chi connectivity index (χ0v) is 17.4. The van der Waals surface area contributed by atoms with Gasteiger partial charge >= 0.3 is 0 Å². The number of rotatable bonds is 8. The maximum Gasteiger partial charge on any atom is 0.0716 e. The minimum atomic E-state index is 0.411. The van der Waals surface area contributed by atoms with Crippen LogP contribution >= 0.6 is 22.6 Å². The summed E-state index contributed by atoms with van der Waals surface area (Å²) in [6, 6.07) is 10.5. The van der Waals surface area contributed by atoms with Crippen LogP contribution in [-0.4, -0.2) is 16.4 Å². The van der Waals surface area contributed by atoms with E-state index in [4.69, 9.17) is 4.74 Å². The molecular weight excluding hydrogens is 423 g/mol. The first kappa shape index (κ1) is 18.9. The number of aromatic nitrogens is 2. The molecule has 3 nitrogen and oxygen atoms in total. The van der Waals surface area contributed by atoms with Crippen LogP contribution in [-0.2, 0) is 17.9 Å². The molecule has 0 atom stereocenters. The molecule has 25 heavy (non-hydrogen) atoms. The molecular formula is C21H29IN2O. The Morgan fingerprint density at radius 3 is 2.60 bits per heavy atom. The summed E-state index contributed by atoms with van der Waals surface area (Å²) in [5.41, 5.74) is 2.98. The fourth-order valence-corrected chi connectivity index (χ4v) is 4.41. The quantitative estimate of drug-likeness (QED) is 0.377. The zero-order chi connectivity index (χ0) is 17.5. The van der Waals surface area contributed by atoms with Crippen LogP contribution in [0.1, 0.15) is 56.2 Å². The van der Waals surface area contributed by atoms with Crippen molar-refractivity contribution in [2.45, 2.75) is 65.0 Å². The van der Waals surface area contributed by atoms with E-state index in [1.54, 1.807) is 0 Å². The molecule has 1 saturated carbocycles. The van der Waals surface area contributed by atoms with E-state index < -0.39 is 0 Å². The van der Waals surface area contributed by atoms with Gasteiger partial charge in [0.2, 0.25) is 0 Å². The summed E-state index contributed by atoms with van der Waals surface area (Å²) in [5, 5.41) is 4.62. The normalized spacial score (nSPS) is 16.9. The first-order valence-electron chi connectivity index (χ1n) is 9.48. The van der Waals surface area contributed by atoms with Gasteiger partial charge in [-0.3, -0.25) is 4.68 Å². The predicted molar refractivity (Wildman–Crippen MR) is 111 cm³/mol. The highest BCUT2D eigenvalue weighted by molar-refractivity contribution is 14.1. The second kappa shape index (κ2) is 9.17. The Bertz CT molecular complexity index is 647. The summed E-state index contributed by atoms with van der Waals surface area (Å²) in [6.45, 7) is 4.84. The van der Waals surface area contributed by atoms with Crippen molar-refractivity contribution < 1.29 is 4.74 Å². The van der Waals surface area contributed by atoms with Gasteiger partial charge in [0.05, 0.1) is 16.4 Å². The van der Waals surface area contributed by atoms with Gasteiger partial charge < -0.3 is 4.74 Å². The number of hydrogen-bond donors (Lipinski definition) is 0. The number of hydrogen-bond acceptors (Lipinski definition) is 2. The smallest absolute Gasteiger partial charge is 0.0716 e. The van der Waals surface area contributed by atoms with Gasteiger partial charge in [-0.15, -0.1) is 0 Å². The molecule has 0 aliphatic heterocycles. The average Bonchev–Trinajstić information content (AvgIpc) is 2.95. The molecule has 1 heterocycles. The van der Waals surface area contributed by atoms with Crippen molar-refractivity contribution in [2.24, 2.45) is 5.41 Å². The highest BCUT2D eigenvalue weighted by Crippen LogP contribution is 2.42. The highest BCUT2D eigenvalue weighted by atomic mass is 127. The fourth-order valence-electron chi connectivity index (χ4n) is 4.00. The summed E-state index contributed by atoms with van der Waals surface area (Å²) in [5.74, 6) is 0. The summed E-state index contributed by atoms with van der Waals surface area (Å²) in [7, 11) is 0. The molecule has 0 radical (unpaired) electrons. The molecule has 1 aliphatic rings. The Morgan fingerprint density at radius 1 is 1.16 bits per heavy atom. The standard InChI is InChI=1S/C21H29IN2O/c1-18-20(22)15-23-24(18)17-21(11-6-3-7-12-21)13-8-14-25-16-19-9-4-2-5-10-19/h2,4-5,9-10,15H,3,6-8,11-14,16-17H2,1H3. The third kappa shape index (κ3) is 5.30. The lowest BCUT2D eigenvalue weighted by atomic mass is 9.71. The molecule has 1 aromatic carbocycles. The summed E-state index contributed by atoms with van der Waals surface area (Å²) in [6.07, 6.45) is 11.2. The first-order valence-corrected chi connectivity index (χ1v) is 10.6. The van der Waals surface area contributed by atoms with Crippen LogP contribution in [0, 0.1) is 15.9 Å². The van der Waals surface area contributed by atoms with Crippen LogP contribution < -0.4 is 0 Å². The molecule has 2 aromatic rings. The monoisotopic (exact) mass is 452 g/mol. The van der Waals surface area contributed by atoms with E-state index in [1.165, 1.54) is 53.4 Å². The van der Waals surface area contributed by atoms with Crippen molar-refractivity contribution in [2.75, 3.05) is 6.61 Å². The molecule has 0 N–H and O–H groups in total. The second-order valence-electron chi connectivity index (χ2n) is 7.44. The maximum atomic E-state index is 5.91. The lowest BCUT2D eigenvalue weighted by Gasteiger charge is -2.37. The Labute approximate surface area is 165 Å².